The van der Waals surface area contributed by atoms with Crippen LogP contribution in [0.1, 0.15) is 11.1 Å². The van der Waals surface area contributed by atoms with Crippen molar-refractivity contribution in [1.82, 2.24) is 5.32 Å². The van der Waals surface area contributed by atoms with E-state index in [4.69, 9.17) is 23.2 Å². The molecular formula is C16H16BrCl2N. The van der Waals surface area contributed by atoms with Gasteiger partial charge < -0.3 is 5.32 Å². The van der Waals surface area contributed by atoms with Crippen LogP contribution in [-0.2, 0) is 12.8 Å². The van der Waals surface area contributed by atoms with Gasteiger partial charge in [-0.15, -0.1) is 0 Å². The molecule has 2 aromatic rings. The summed E-state index contributed by atoms with van der Waals surface area (Å²) in [6, 6.07) is 14.2. The summed E-state index contributed by atoms with van der Waals surface area (Å²) in [4.78, 5) is 0. The van der Waals surface area contributed by atoms with Gasteiger partial charge in [0.2, 0.25) is 0 Å². The Morgan fingerprint density at radius 3 is 2.45 bits per heavy atom. The van der Waals surface area contributed by atoms with E-state index in [2.05, 4.69) is 39.4 Å². The average molecular weight is 373 g/mol. The summed E-state index contributed by atoms with van der Waals surface area (Å²) >= 11 is 15.9. The predicted molar refractivity (Wildman–Crippen MR) is 90.9 cm³/mol. The Morgan fingerprint density at radius 2 is 1.75 bits per heavy atom. The SMILES string of the molecule is CNC(Cc1cc(Cl)ccc1Cl)Cc1ccccc1Br. The molecule has 1 atom stereocenters. The molecule has 0 spiro atoms. The predicted octanol–water partition coefficient (Wildman–Crippen LogP) is 5.13. The van der Waals surface area contributed by atoms with Gasteiger partial charge in [0.25, 0.3) is 0 Å². The van der Waals surface area contributed by atoms with Crippen molar-refractivity contribution >= 4 is 39.1 Å². The van der Waals surface area contributed by atoms with Gasteiger partial charge in [-0.2, -0.15) is 0 Å². The summed E-state index contributed by atoms with van der Waals surface area (Å²) in [7, 11) is 1.97. The van der Waals surface area contributed by atoms with Gasteiger partial charge in [-0.25, -0.2) is 0 Å². The summed E-state index contributed by atoms with van der Waals surface area (Å²) < 4.78 is 1.14. The van der Waals surface area contributed by atoms with Gasteiger partial charge in [-0.1, -0.05) is 57.3 Å². The maximum Gasteiger partial charge on any atom is 0.0439 e. The minimum atomic E-state index is 0.310. The van der Waals surface area contributed by atoms with Crippen molar-refractivity contribution in [2.75, 3.05) is 7.05 Å². The molecular weight excluding hydrogens is 357 g/mol. The second kappa shape index (κ2) is 7.46. The van der Waals surface area contributed by atoms with Crippen LogP contribution in [-0.4, -0.2) is 13.1 Å². The van der Waals surface area contributed by atoms with E-state index in [0.717, 1.165) is 32.9 Å². The quantitative estimate of drug-likeness (QED) is 0.767. The minimum absolute atomic E-state index is 0.310. The van der Waals surface area contributed by atoms with Crippen molar-refractivity contribution in [2.24, 2.45) is 0 Å². The Kier molecular flexibility index (Phi) is 5.91. The van der Waals surface area contributed by atoms with Crippen LogP contribution in [0.4, 0.5) is 0 Å². The van der Waals surface area contributed by atoms with E-state index in [9.17, 15) is 0 Å². The minimum Gasteiger partial charge on any atom is -0.316 e. The molecule has 0 aromatic heterocycles. The lowest BCUT2D eigenvalue weighted by molar-refractivity contribution is 0.555. The van der Waals surface area contributed by atoms with Crippen LogP contribution in [0.2, 0.25) is 10.0 Å². The topological polar surface area (TPSA) is 12.0 Å². The summed E-state index contributed by atoms with van der Waals surface area (Å²) in [5.41, 5.74) is 2.36. The number of halogens is 3. The summed E-state index contributed by atoms with van der Waals surface area (Å²) in [6.45, 7) is 0. The van der Waals surface area contributed by atoms with Crippen molar-refractivity contribution in [1.29, 1.82) is 0 Å². The van der Waals surface area contributed by atoms with Gasteiger partial charge in [0.15, 0.2) is 0 Å². The van der Waals surface area contributed by atoms with Crippen LogP contribution in [0, 0.1) is 0 Å². The lowest BCUT2D eigenvalue weighted by atomic mass is 9.99. The van der Waals surface area contributed by atoms with Crippen LogP contribution >= 0.6 is 39.1 Å². The Balaban J connectivity index is 2.13. The Labute approximate surface area is 138 Å². The highest BCUT2D eigenvalue weighted by atomic mass is 79.9. The monoisotopic (exact) mass is 371 g/mol. The molecule has 0 fully saturated rings. The number of benzene rings is 2. The molecule has 2 aromatic carbocycles. The Morgan fingerprint density at radius 1 is 1.05 bits per heavy atom. The fourth-order valence-electron chi connectivity index (χ4n) is 2.17. The first-order chi connectivity index (χ1) is 9.60. The fraction of sp³-hybridized carbons (Fsp3) is 0.250. The molecule has 1 nitrogen and oxygen atoms in total. The van der Waals surface area contributed by atoms with Gasteiger partial charge in [0.05, 0.1) is 0 Å². The zero-order valence-electron chi connectivity index (χ0n) is 11.2. The van der Waals surface area contributed by atoms with Crippen molar-refractivity contribution in [3.63, 3.8) is 0 Å². The first kappa shape index (κ1) is 15.8. The number of hydrogen-bond acceptors (Lipinski definition) is 1. The molecule has 20 heavy (non-hydrogen) atoms. The van der Waals surface area contributed by atoms with E-state index in [0.29, 0.717) is 6.04 Å². The molecule has 0 radical (unpaired) electrons. The smallest absolute Gasteiger partial charge is 0.0439 e. The lowest BCUT2D eigenvalue weighted by Gasteiger charge is -2.18. The molecule has 0 amide bonds. The second-order valence-corrected chi connectivity index (χ2v) is 6.42. The van der Waals surface area contributed by atoms with Gasteiger partial charge in [-0.05, 0) is 55.3 Å². The maximum atomic E-state index is 6.24. The van der Waals surface area contributed by atoms with Gasteiger partial charge in [0, 0.05) is 20.6 Å². The van der Waals surface area contributed by atoms with E-state index in [1.54, 1.807) is 0 Å². The largest absolute Gasteiger partial charge is 0.316 e. The van der Waals surface area contributed by atoms with E-state index < -0.39 is 0 Å². The molecule has 0 bridgehead atoms. The Hall–Kier alpha value is -0.540. The van der Waals surface area contributed by atoms with Crippen molar-refractivity contribution in [2.45, 2.75) is 18.9 Å². The maximum absolute atomic E-state index is 6.24. The lowest BCUT2D eigenvalue weighted by Crippen LogP contribution is -2.30. The molecule has 0 saturated carbocycles. The molecule has 4 heteroatoms. The van der Waals surface area contributed by atoms with Crippen molar-refractivity contribution in [3.05, 3.63) is 68.1 Å². The fourth-order valence-corrected chi connectivity index (χ4v) is 3.01. The standard InChI is InChI=1S/C16H16BrCl2N/c1-20-14(9-11-4-2-3-5-15(11)17)10-12-8-13(18)6-7-16(12)19/h2-8,14,20H,9-10H2,1H3. The third-order valence-corrected chi connectivity index (χ3v) is 4.68. The normalized spacial score (nSPS) is 12.4. The van der Waals surface area contributed by atoms with Crippen molar-refractivity contribution < 1.29 is 0 Å². The Bertz CT molecular complexity index is 586. The van der Waals surface area contributed by atoms with Crippen LogP contribution in [0.5, 0.6) is 0 Å². The first-order valence-electron chi connectivity index (χ1n) is 6.44. The molecule has 0 aliphatic heterocycles. The molecule has 0 aliphatic carbocycles. The number of nitrogens with one attached hydrogen (secondary N) is 1. The molecule has 106 valence electrons. The summed E-state index contributed by atoms with van der Waals surface area (Å²) in [5.74, 6) is 0. The summed E-state index contributed by atoms with van der Waals surface area (Å²) in [6.07, 6.45) is 1.78. The highest BCUT2D eigenvalue weighted by Crippen LogP contribution is 2.24. The van der Waals surface area contributed by atoms with Gasteiger partial charge in [0.1, 0.15) is 0 Å². The highest BCUT2D eigenvalue weighted by Gasteiger charge is 2.12. The third-order valence-electron chi connectivity index (χ3n) is 3.31. The number of rotatable bonds is 5. The second-order valence-electron chi connectivity index (χ2n) is 4.72. The first-order valence-corrected chi connectivity index (χ1v) is 7.99. The molecule has 1 unspecified atom stereocenters. The highest BCUT2D eigenvalue weighted by molar-refractivity contribution is 9.10. The molecule has 2 rings (SSSR count). The number of hydrogen-bond donors (Lipinski definition) is 1. The molecule has 0 heterocycles. The van der Waals surface area contributed by atoms with E-state index in [1.165, 1.54) is 5.56 Å². The van der Waals surface area contributed by atoms with Crippen molar-refractivity contribution in [3.8, 4) is 0 Å². The van der Waals surface area contributed by atoms with Crippen LogP contribution in [0.3, 0.4) is 0 Å². The van der Waals surface area contributed by atoms with Crippen LogP contribution < -0.4 is 5.32 Å². The zero-order chi connectivity index (χ0) is 14.5. The van der Waals surface area contributed by atoms with Gasteiger partial charge >= 0.3 is 0 Å². The van der Waals surface area contributed by atoms with E-state index in [-0.39, 0.29) is 0 Å². The van der Waals surface area contributed by atoms with E-state index >= 15 is 0 Å². The van der Waals surface area contributed by atoms with Crippen LogP contribution in [0.15, 0.2) is 46.9 Å². The van der Waals surface area contributed by atoms with Gasteiger partial charge in [-0.3, -0.25) is 0 Å². The molecule has 0 saturated heterocycles. The third kappa shape index (κ3) is 4.23. The molecule has 0 aliphatic rings. The molecule has 1 N–H and O–H groups in total. The summed E-state index contributed by atoms with van der Waals surface area (Å²) in [5, 5.41) is 4.84. The average Bonchev–Trinajstić information content (AvgIpc) is 2.44. The van der Waals surface area contributed by atoms with Crippen LogP contribution in [0.25, 0.3) is 0 Å². The number of likely N-dealkylation sites (N-methyl/N-ethyl adjacent to an activating group) is 1. The van der Waals surface area contributed by atoms with E-state index in [1.807, 2.05) is 31.3 Å². The zero-order valence-corrected chi connectivity index (χ0v) is 14.3.